The first kappa shape index (κ1) is 22.4. The Morgan fingerprint density at radius 1 is 0.909 bits per heavy atom. The Morgan fingerprint density at radius 3 is 2.36 bits per heavy atom. The molecular formula is C26H29N5O2. The lowest BCUT2D eigenvalue weighted by Crippen LogP contribution is -2.22. The summed E-state index contributed by atoms with van der Waals surface area (Å²) in [6, 6.07) is 20.5. The van der Waals surface area contributed by atoms with Crippen molar-refractivity contribution in [2.45, 2.75) is 26.4 Å². The van der Waals surface area contributed by atoms with Gasteiger partial charge in [-0.3, -0.25) is 10.1 Å². The summed E-state index contributed by atoms with van der Waals surface area (Å²) < 4.78 is 10.8. The normalized spacial score (nSPS) is 10.9. The van der Waals surface area contributed by atoms with Gasteiger partial charge in [0, 0.05) is 35.8 Å². The summed E-state index contributed by atoms with van der Waals surface area (Å²) >= 11 is 0. The number of nitrogens with zero attached hydrogens (tertiary/aromatic N) is 2. The molecule has 0 bridgehead atoms. The monoisotopic (exact) mass is 443 g/mol. The van der Waals surface area contributed by atoms with Crippen LogP contribution in [-0.4, -0.2) is 35.4 Å². The van der Waals surface area contributed by atoms with Gasteiger partial charge in [-0.25, -0.2) is 0 Å². The summed E-state index contributed by atoms with van der Waals surface area (Å²) in [4.78, 5) is 4.50. The highest BCUT2D eigenvalue weighted by Gasteiger charge is 2.10. The van der Waals surface area contributed by atoms with E-state index in [1.165, 1.54) is 0 Å². The molecule has 0 saturated heterocycles. The van der Waals surface area contributed by atoms with Crippen LogP contribution in [0.3, 0.4) is 0 Å². The Labute approximate surface area is 194 Å². The summed E-state index contributed by atoms with van der Waals surface area (Å²) in [6.45, 7) is 5.00. The molecule has 2 aromatic heterocycles. The van der Waals surface area contributed by atoms with Crippen molar-refractivity contribution in [2.75, 3.05) is 19.5 Å². The Kier molecular flexibility index (Phi) is 6.90. The van der Waals surface area contributed by atoms with Crippen molar-refractivity contribution in [1.82, 2.24) is 20.5 Å². The molecule has 170 valence electrons. The number of nitrogens with one attached hydrogen (secondary N) is 3. The van der Waals surface area contributed by atoms with Crippen LogP contribution in [0.1, 0.15) is 19.5 Å². The zero-order valence-electron chi connectivity index (χ0n) is 19.3. The number of rotatable bonds is 9. The topological polar surface area (TPSA) is 84.1 Å². The summed E-state index contributed by atoms with van der Waals surface area (Å²) in [5.41, 5.74) is 5.85. The van der Waals surface area contributed by atoms with Gasteiger partial charge in [-0.1, -0.05) is 38.1 Å². The third-order valence-electron chi connectivity index (χ3n) is 5.27. The van der Waals surface area contributed by atoms with Crippen molar-refractivity contribution >= 4 is 11.5 Å². The van der Waals surface area contributed by atoms with Crippen molar-refractivity contribution < 1.29 is 9.47 Å². The highest BCUT2D eigenvalue weighted by molar-refractivity contribution is 5.75. The van der Waals surface area contributed by atoms with Crippen molar-refractivity contribution in [3.63, 3.8) is 0 Å². The number of hydrogen-bond donors (Lipinski definition) is 3. The molecule has 0 fully saturated rings. The number of aromatic amines is 1. The Hall–Kier alpha value is -3.84. The number of pyridine rings is 1. The molecule has 0 saturated carbocycles. The molecule has 3 N–H and O–H groups in total. The summed E-state index contributed by atoms with van der Waals surface area (Å²) in [6.07, 6.45) is 1.83. The number of ether oxygens (including phenoxy) is 2. The minimum atomic E-state index is 0.431. The van der Waals surface area contributed by atoms with Gasteiger partial charge in [0.05, 0.1) is 37.5 Å². The van der Waals surface area contributed by atoms with Crippen LogP contribution in [0.15, 0.2) is 66.9 Å². The molecule has 4 aromatic rings. The van der Waals surface area contributed by atoms with Gasteiger partial charge in [-0.15, -0.1) is 0 Å². The van der Waals surface area contributed by atoms with E-state index in [-0.39, 0.29) is 0 Å². The second kappa shape index (κ2) is 10.2. The lowest BCUT2D eigenvalue weighted by molar-refractivity contribution is 0.395. The number of aromatic nitrogens is 3. The molecule has 33 heavy (non-hydrogen) atoms. The fourth-order valence-electron chi connectivity index (χ4n) is 3.46. The van der Waals surface area contributed by atoms with Crippen LogP contribution in [-0.2, 0) is 6.54 Å². The molecule has 0 spiro atoms. The molecule has 2 aromatic carbocycles. The van der Waals surface area contributed by atoms with E-state index in [1.54, 1.807) is 14.2 Å². The Morgan fingerprint density at radius 2 is 1.70 bits per heavy atom. The van der Waals surface area contributed by atoms with E-state index in [9.17, 15) is 0 Å². The van der Waals surface area contributed by atoms with E-state index in [0.29, 0.717) is 6.04 Å². The zero-order chi connectivity index (χ0) is 23.2. The molecule has 0 aliphatic rings. The molecule has 7 heteroatoms. The van der Waals surface area contributed by atoms with Gasteiger partial charge in [0.25, 0.3) is 0 Å². The van der Waals surface area contributed by atoms with E-state index in [0.717, 1.165) is 57.6 Å². The lowest BCUT2D eigenvalue weighted by atomic mass is 10.0. The van der Waals surface area contributed by atoms with Gasteiger partial charge >= 0.3 is 0 Å². The summed E-state index contributed by atoms with van der Waals surface area (Å²) in [7, 11) is 3.31. The first-order valence-electron chi connectivity index (χ1n) is 10.9. The zero-order valence-corrected chi connectivity index (χ0v) is 19.3. The first-order valence-corrected chi connectivity index (χ1v) is 10.9. The fraction of sp³-hybridized carbons (Fsp3) is 0.231. The maximum Gasteiger partial charge on any atom is 0.130 e. The second-order valence-corrected chi connectivity index (χ2v) is 8.01. The molecule has 7 nitrogen and oxygen atoms in total. The maximum absolute atomic E-state index is 5.53. The minimum absolute atomic E-state index is 0.431. The molecular weight excluding hydrogens is 414 g/mol. The largest absolute Gasteiger partial charge is 0.497 e. The van der Waals surface area contributed by atoms with Crippen LogP contribution in [0.4, 0.5) is 11.5 Å². The van der Waals surface area contributed by atoms with Crippen molar-refractivity contribution in [2.24, 2.45) is 0 Å². The van der Waals surface area contributed by atoms with Crippen molar-refractivity contribution in [1.29, 1.82) is 0 Å². The number of hydrogen-bond acceptors (Lipinski definition) is 6. The van der Waals surface area contributed by atoms with Gasteiger partial charge in [-0.05, 0) is 29.8 Å². The SMILES string of the molecule is COc1ccc(-c2ccc(-c3cc(Nc4ccc(CNC(C)C)nc4)[nH]n3)cc2)c(OC)c1. The Balaban J connectivity index is 1.45. The lowest BCUT2D eigenvalue weighted by Gasteiger charge is -2.11. The standard InChI is InChI=1S/C26H29N5O2/c1-17(2)27-15-20-9-10-21(16-28-20)29-26-14-24(30-31-26)19-7-5-18(6-8-19)23-12-11-22(32-3)13-25(23)33-4/h5-14,16-17,27H,15H2,1-4H3,(H2,29,30,31). The van der Waals surface area contributed by atoms with Gasteiger partial charge in [0.15, 0.2) is 0 Å². The fourth-order valence-corrected chi connectivity index (χ4v) is 3.46. The summed E-state index contributed by atoms with van der Waals surface area (Å²) in [5.74, 6) is 2.34. The maximum atomic E-state index is 5.53. The van der Waals surface area contributed by atoms with E-state index in [4.69, 9.17) is 9.47 Å². The quantitative estimate of drug-likeness (QED) is 0.321. The molecule has 0 aliphatic carbocycles. The smallest absolute Gasteiger partial charge is 0.130 e. The van der Waals surface area contributed by atoms with Gasteiger partial charge in [-0.2, -0.15) is 5.10 Å². The van der Waals surface area contributed by atoms with Crippen molar-refractivity contribution in [3.8, 4) is 33.9 Å². The third kappa shape index (κ3) is 5.51. The van der Waals surface area contributed by atoms with E-state index in [2.05, 4.69) is 63.9 Å². The van der Waals surface area contributed by atoms with Gasteiger partial charge in [0.1, 0.15) is 17.3 Å². The van der Waals surface area contributed by atoms with Crippen LogP contribution in [0.2, 0.25) is 0 Å². The van der Waals surface area contributed by atoms with Crippen LogP contribution in [0.5, 0.6) is 11.5 Å². The van der Waals surface area contributed by atoms with Gasteiger partial charge in [0.2, 0.25) is 0 Å². The predicted molar refractivity (Wildman–Crippen MR) is 132 cm³/mol. The highest BCUT2D eigenvalue weighted by Crippen LogP contribution is 2.34. The third-order valence-corrected chi connectivity index (χ3v) is 5.27. The average molecular weight is 444 g/mol. The number of H-pyrrole nitrogens is 1. The molecule has 4 rings (SSSR count). The molecule has 0 radical (unpaired) electrons. The van der Waals surface area contributed by atoms with E-state index in [1.807, 2.05) is 42.6 Å². The first-order chi connectivity index (χ1) is 16.1. The number of benzene rings is 2. The summed E-state index contributed by atoms with van der Waals surface area (Å²) in [5, 5.41) is 14.2. The number of anilines is 2. The van der Waals surface area contributed by atoms with Crippen LogP contribution < -0.4 is 20.1 Å². The van der Waals surface area contributed by atoms with Crippen LogP contribution >= 0.6 is 0 Å². The molecule has 2 heterocycles. The molecule has 0 aliphatic heterocycles. The minimum Gasteiger partial charge on any atom is -0.497 e. The van der Waals surface area contributed by atoms with Crippen LogP contribution in [0.25, 0.3) is 22.4 Å². The van der Waals surface area contributed by atoms with Crippen molar-refractivity contribution in [3.05, 3.63) is 72.6 Å². The molecule has 0 amide bonds. The predicted octanol–water partition coefficient (Wildman–Crippen LogP) is 5.40. The highest BCUT2D eigenvalue weighted by atomic mass is 16.5. The van der Waals surface area contributed by atoms with Gasteiger partial charge < -0.3 is 20.1 Å². The average Bonchev–Trinajstić information content (AvgIpc) is 3.31. The Bertz CT molecular complexity index is 1180. The van der Waals surface area contributed by atoms with E-state index < -0.39 is 0 Å². The van der Waals surface area contributed by atoms with E-state index >= 15 is 0 Å². The van der Waals surface area contributed by atoms with Crippen LogP contribution in [0, 0.1) is 0 Å². The molecule has 0 atom stereocenters. The molecule has 0 unspecified atom stereocenters. The number of methoxy groups -OCH3 is 2. The second-order valence-electron chi connectivity index (χ2n) is 8.01.